The lowest BCUT2D eigenvalue weighted by molar-refractivity contribution is -0.112. The molecule has 0 amide bonds. The van der Waals surface area contributed by atoms with Gasteiger partial charge >= 0.3 is 0 Å². The lowest BCUT2D eigenvalue weighted by Gasteiger charge is -2.08. The Morgan fingerprint density at radius 1 is 1.25 bits per heavy atom. The number of hydrogen-bond donors (Lipinski definition) is 1. The average Bonchev–Trinajstić information content (AvgIpc) is 2.27. The van der Waals surface area contributed by atoms with E-state index in [4.69, 9.17) is 9.47 Å². The maximum Gasteiger partial charge on any atom is 0.161 e. The summed E-state index contributed by atoms with van der Waals surface area (Å²) in [7, 11) is 3.04. The summed E-state index contributed by atoms with van der Waals surface area (Å²) in [5, 5.41) is 9.62. The van der Waals surface area contributed by atoms with Gasteiger partial charge in [-0.05, 0) is 25.1 Å². The van der Waals surface area contributed by atoms with Gasteiger partial charge in [0.15, 0.2) is 17.3 Å². The molecule has 0 aromatic heterocycles. The molecule has 0 atom stereocenters. The summed E-state index contributed by atoms with van der Waals surface area (Å²) in [6.07, 6.45) is 1.15. The fourth-order valence-electron chi connectivity index (χ4n) is 1.27. The third-order valence-electron chi connectivity index (χ3n) is 2.02. The zero-order valence-electron chi connectivity index (χ0n) is 9.48. The maximum absolute atomic E-state index is 10.8. The number of benzene rings is 1. The minimum Gasteiger partial charge on any atom is -0.507 e. The summed E-state index contributed by atoms with van der Waals surface area (Å²) in [6.45, 7) is 1.37. The molecule has 0 radical (unpaired) electrons. The van der Waals surface area contributed by atoms with Crippen LogP contribution in [0.1, 0.15) is 12.5 Å². The van der Waals surface area contributed by atoms with Crippen LogP contribution in [-0.2, 0) is 4.79 Å². The number of carbonyl (C=O) groups excluding carboxylic acids is 1. The van der Waals surface area contributed by atoms with E-state index in [1.165, 1.54) is 21.1 Å². The molecule has 0 aliphatic heterocycles. The standard InChI is InChI=1S/C12H14O4/c1-8(13)6-10(14)9-4-5-11(15-2)12(7-9)16-3/h4-7,14H,1-3H3/b10-6+. The summed E-state index contributed by atoms with van der Waals surface area (Å²) in [5.41, 5.74) is 0.507. The second-order valence-corrected chi connectivity index (χ2v) is 3.21. The quantitative estimate of drug-likeness (QED) is 0.626. The number of methoxy groups -OCH3 is 2. The zero-order valence-corrected chi connectivity index (χ0v) is 9.48. The van der Waals surface area contributed by atoms with Crippen molar-refractivity contribution in [2.75, 3.05) is 14.2 Å². The number of ketones is 1. The molecule has 0 saturated heterocycles. The molecule has 0 heterocycles. The molecule has 16 heavy (non-hydrogen) atoms. The number of rotatable bonds is 4. The molecule has 0 bridgehead atoms. The summed E-state index contributed by atoms with van der Waals surface area (Å²) in [5.74, 6) is 0.770. The molecule has 0 unspecified atom stereocenters. The van der Waals surface area contributed by atoms with Crippen LogP contribution in [0, 0.1) is 0 Å². The Hall–Kier alpha value is -1.97. The molecule has 0 fully saturated rings. The van der Waals surface area contributed by atoms with Crippen LogP contribution in [0.4, 0.5) is 0 Å². The minimum atomic E-state index is -0.215. The van der Waals surface area contributed by atoms with Gasteiger partial charge in [0, 0.05) is 11.6 Å². The van der Waals surface area contributed by atoms with Gasteiger partial charge in [0.1, 0.15) is 5.76 Å². The number of hydrogen-bond acceptors (Lipinski definition) is 4. The van der Waals surface area contributed by atoms with E-state index in [9.17, 15) is 9.90 Å². The predicted molar refractivity (Wildman–Crippen MR) is 60.8 cm³/mol. The zero-order chi connectivity index (χ0) is 12.1. The monoisotopic (exact) mass is 222 g/mol. The first kappa shape index (κ1) is 12.1. The fraction of sp³-hybridized carbons (Fsp3) is 0.250. The minimum absolute atomic E-state index is 0.0894. The molecule has 0 aliphatic carbocycles. The van der Waals surface area contributed by atoms with Gasteiger partial charge in [-0.25, -0.2) is 0 Å². The second-order valence-electron chi connectivity index (χ2n) is 3.21. The van der Waals surface area contributed by atoms with Gasteiger partial charge in [0.25, 0.3) is 0 Å². The highest BCUT2D eigenvalue weighted by molar-refractivity contribution is 5.93. The van der Waals surface area contributed by atoms with Gasteiger partial charge < -0.3 is 14.6 Å². The molecular weight excluding hydrogens is 208 g/mol. The average molecular weight is 222 g/mol. The van der Waals surface area contributed by atoms with Crippen molar-refractivity contribution in [3.8, 4) is 11.5 Å². The fourth-order valence-corrected chi connectivity index (χ4v) is 1.27. The van der Waals surface area contributed by atoms with Crippen LogP contribution in [0.25, 0.3) is 5.76 Å². The van der Waals surface area contributed by atoms with Crippen molar-refractivity contribution in [3.05, 3.63) is 29.8 Å². The van der Waals surface area contributed by atoms with Crippen LogP contribution in [0.3, 0.4) is 0 Å². The molecule has 0 saturated carbocycles. The third-order valence-corrected chi connectivity index (χ3v) is 2.02. The number of allylic oxidation sites excluding steroid dienone is 1. The number of aliphatic hydroxyl groups is 1. The SMILES string of the molecule is COc1ccc(/C(O)=C\C(C)=O)cc1OC. The van der Waals surface area contributed by atoms with Crippen molar-refractivity contribution in [2.45, 2.75) is 6.92 Å². The molecule has 4 heteroatoms. The highest BCUT2D eigenvalue weighted by Gasteiger charge is 2.07. The molecule has 1 aromatic rings. The molecule has 1 aromatic carbocycles. The normalized spacial score (nSPS) is 11.1. The first-order valence-corrected chi connectivity index (χ1v) is 4.72. The van der Waals surface area contributed by atoms with Crippen LogP contribution >= 0.6 is 0 Å². The van der Waals surface area contributed by atoms with Crippen LogP contribution in [0.15, 0.2) is 24.3 Å². The van der Waals surface area contributed by atoms with Crippen LogP contribution in [0.2, 0.25) is 0 Å². The second kappa shape index (κ2) is 5.21. The van der Waals surface area contributed by atoms with E-state index < -0.39 is 0 Å². The van der Waals surface area contributed by atoms with Gasteiger partial charge in [0.2, 0.25) is 0 Å². The van der Waals surface area contributed by atoms with Gasteiger partial charge in [-0.1, -0.05) is 0 Å². The van der Waals surface area contributed by atoms with Gasteiger partial charge in [-0.3, -0.25) is 4.79 Å². The van der Waals surface area contributed by atoms with E-state index in [1.54, 1.807) is 18.2 Å². The predicted octanol–water partition coefficient (Wildman–Crippen LogP) is 2.19. The lowest BCUT2D eigenvalue weighted by Crippen LogP contribution is -1.93. The smallest absolute Gasteiger partial charge is 0.161 e. The molecular formula is C12H14O4. The van der Waals surface area contributed by atoms with Crippen molar-refractivity contribution in [3.63, 3.8) is 0 Å². The van der Waals surface area contributed by atoms with Crippen molar-refractivity contribution in [2.24, 2.45) is 0 Å². The summed E-state index contributed by atoms with van der Waals surface area (Å²) in [4.78, 5) is 10.8. The van der Waals surface area contributed by atoms with E-state index in [0.29, 0.717) is 17.1 Å². The van der Waals surface area contributed by atoms with Crippen LogP contribution < -0.4 is 9.47 Å². The van der Waals surface area contributed by atoms with Crippen molar-refractivity contribution in [1.82, 2.24) is 0 Å². The van der Waals surface area contributed by atoms with E-state index in [1.807, 2.05) is 0 Å². The topological polar surface area (TPSA) is 55.8 Å². The Morgan fingerprint density at radius 3 is 2.38 bits per heavy atom. The first-order chi connectivity index (χ1) is 7.58. The van der Waals surface area contributed by atoms with Gasteiger partial charge in [-0.15, -0.1) is 0 Å². The van der Waals surface area contributed by atoms with Gasteiger partial charge in [-0.2, -0.15) is 0 Å². The molecule has 86 valence electrons. The highest BCUT2D eigenvalue weighted by atomic mass is 16.5. The molecule has 1 rings (SSSR count). The Bertz CT molecular complexity index is 421. The summed E-state index contributed by atoms with van der Waals surface area (Å²) in [6, 6.07) is 4.92. The van der Waals surface area contributed by atoms with E-state index >= 15 is 0 Å². The van der Waals surface area contributed by atoms with E-state index in [0.717, 1.165) is 6.08 Å². The maximum atomic E-state index is 10.8. The molecule has 0 aliphatic rings. The van der Waals surface area contributed by atoms with Crippen molar-refractivity contribution in [1.29, 1.82) is 0 Å². The number of aliphatic hydroxyl groups excluding tert-OH is 1. The molecule has 1 N–H and O–H groups in total. The Balaban J connectivity index is 3.13. The largest absolute Gasteiger partial charge is 0.507 e. The highest BCUT2D eigenvalue weighted by Crippen LogP contribution is 2.29. The van der Waals surface area contributed by atoms with E-state index in [2.05, 4.69) is 0 Å². The lowest BCUT2D eigenvalue weighted by atomic mass is 10.1. The van der Waals surface area contributed by atoms with Crippen molar-refractivity contribution >= 4 is 11.5 Å². The first-order valence-electron chi connectivity index (χ1n) is 4.72. The Labute approximate surface area is 94.1 Å². The van der Waals surface area contributed by atoms with Crippen LogP contribution in [-0.4, -0.2) is 25.1 Å². The summed E-state index contributed by atoms with van der Waals surface area (Å²) >= 11 is 0. The Kier molecular flexibility index (Phi) is 3.94. The Morgan fingerprint density at radius 2 is 1.88 bits per heavy atom. The molecule has 0 spiro atoms. The van der Waals surface area contributed by atoms with E-state index in [-0.39, 0.29) is 11.5 Å². The molecule has 4 nitrogen and oxygen atoms in total. The number of carbonyl (C=O) groups is 1. The number of ether oxygens (including phenoxy) is 2. The third kappa shape index (κ3) is 2.76. The van der Waals surface area contributed by atoms with Crippen molar-refractivity contribution < 1.29 is 19.4 Å². The van der Waals surface area contributed by atoms with Gasteiger partial charge in [0.05, 0.1) is 14.2 Å². The van der Waals surface area contributed by atoms with Crippen LogP contribution in [0.5, 0.6) is 11.5 Å². The summed E-state index contributed by atoms with van der Waals surface area (Å²) < 4.78 is 10.1.